The molecule has 0 amide bonds. The van der Waals surface area contributed by atoms with Gasteiger partial charge in [-0.15, -0.1) is 0 Å². The van der Waals surface area contributed by atoms with Crippen LogP contribution >= 0.6 is 11.6 Å². The maximum Gasteiger partial charge on any atom is 0.417 e. The van der Waals surface area contributed by atoms with Gasteiger partial charge in [-0.05, 0) is 37.8 Å². The van der Waals surface area contributed by atoms with Gasteiger partial charge in [-0.25, -0.2) is 15.0 Å². The normalized spacial score (nSPS) is 15.1. The van der Waals surface area contributed by atoms with Crippen LogP contribution in [0.3, 0.4) is 0 Å². The molecule has 170 valence electrons. The largest absolute Gasteiger partial charge is 0.423 e. The summed E-state index contributed by atoms with van der Waals surface area (Å²) in [5, 5.41) is -0.433. The molecule has 4 aromatic rings. The Morgan fingerprint density at radius 1 is 1.09 bits per heavy atom. The molecular formula is C22H18ClF3N6O. The molecule has 1 aliphatic rings. The lowest BCUT2D eigenvalue weighted by Crippen LogP contribution is -2.30. The van der Waals surface area contributed by atoms with Crippen LogP contribution in [-0.2, 0) is 6.18 Å². The van der Waals surface area contributed by atoms with Gasteiger partial charge in [-0.2, -0.15) is 18.2 Å². The van der Waals surface area contributed by atoms with Crippen molar-refractivity contribution in [2.24, 2.45) is 5.92 Å². The molecule has 3 heterocycles. The third kappa shape index (κ3) is 4.35. The summed E-state index contributed by atoms with van der Waals surface area (Å²) < 4.78 is 45.8. The van der Waals surface area contributed by atoms with E-state index >= 15 is 0 Å². The predicted molar refractivity (Wildman–Crippen MR) is 116 cm³/mol. The van der Waals surface area contributed by atoms with Gasteiger partial charge >= 0.3 is 6.18 Å². The number of alkyl halides is 3. The molecule has 1 fully saturated rings. The third-order valence-electron chi connectivity index (χ3n) is 5.54. The van der Waals surface area contributed by atoms with E-state index in [-0.39, 0.29) is 23.2 Å². The molecule has 0 spiro atoms. The van der Waals surface area contributed by atoms with Crippen molar-refractivity contribution >= 4 is 28.7 Å². The highest BCUT2D eigenvalue weighted by atomic mass is 35.5. The number of oxazole rings is 1. The lowest BCUT2D eigenvalue weighted by atomic mass is 10.1. The molecule has 1 saturated carbocycles. The van der Waals surface area contributed by atoms with Gasteiger partial charge in [0.15, 0.2) is 11.4 Å². The van der Waals surface area contributed by atoms with E-state index in [0.29, 0.717) is 29.7 Å². The SMILES string of the molecule is CC(c1nccnc1-c1ncccn1)N(CC1CC1)c1nc2cc(C(F)(F)F)c(Cl)cc2o1. The molecule has 0 N–H and O–H groups in total. The van der Waals surface area contributed by atoms with Crippen LogP contribution in [0.25, 0.3) is 22.6 Å². The molecule has 0 bridgehead atoms. The lowest BCUT2D eigenvalue weighted by molar-refractivity contribution is -0.137. The van der Waals surface area contributed by atoms with E-state index < -0.39 is 16.8 Å². The molecular weight excluding hydrogens is 457 g/mol. The maximum absolute atomic E-state index is 13.3. The fraction of sp³-hybridized carbons (Fsp3) is 0.318. The summed E-state index contributed by atoms with van der Waals surface area (Å²) >= 11 is 5.86. The average Bonchev–Trinajstić information content (AvgIpc) is 3.53. The summed E-state index contributed by atoms with van der Waals surface area (Å²) in [7, 11) is 0. The first kappa shape index (κ1) is 21.6. The maximum atomic E-state index is 13.3. The molecule has 0 saturated heterocycles. The summed E-state index contributed by atoms with van der Waals surface area (Å²) in [5.41, 5.74) is 0.448. The average molecular weight is 475 g/mol. The molecule has 1 aliphatic carbocycles. The van der Waals surface area contributed by atoms with Gasteiger partial charge in [-0.1, -0.05) is 11.6 Å². The molecule has 7 nitrogen and oxygen atoms in total. The summed E-state index contributed by atoms with van der Waals surface area (Å²) in [6.45, 7) is 2.53. The van der Waals surface area contributed by atoms with Gasteiger partial charge in [0.25, 0.3) is 6.01 Å². The summed E-state index contributed by atoms with van der Waals surface area (Å²) in [5.74, 6) is 0.864. The molecule has 0 aliphatic heterocycles. The molecule has 1 aromatic carbocycles. The van der Waals surface area contributed by atoms with Gasteiger partial charge in [0.05, 0.1) is 22.3 Å². The van der Waals surface area contributed by atoms with Crippen LogP contribution < -0.4 is 4.90 Å². The molecule has 0 radical (unpaired) electrons. The van der Waals surface area contributed by atoms with Crippen molar-refractivity contribution in [1.29, 1.82) is 0 Å². The second-order valence-electron chi connectivity index (χ2n) is 7.93. The monoisotopic (exact) mass is 474 g/mol. The van der Waals surface area contributed by atoms with Crippen LogP contribution in [0.4, 0.5) is 19.2 Å². The zero-order chi connectivity index (χ0) is 23.2. The first-order valence-corrected chi connectivity index (χ1v) is 10.7. The smallest absolute Gasteiger partial charge is 0.417 e. The van der Waals surface area contributed by atoms with Gasteiger partial charge in [-0.3, -0.25) is 4.98 Å². The highest BCUT2D eigenvalue weighted by molar-refractivity contribution is 6.32. The number of nitrogens with zero attached hydrogens (tertiary/aromatic N) is 6. The Labute approximate surface area is 191 Å². The van der Waals surface area contributed by atoms with Crippen molar-refractivity contribution in [2.75, 3.05) is 11.4 Å². The Morgan fingerprint density at radius 2 is 1.82 bits per heavy atom. The van der Waals surface area contributed by atoms with E-state index in [9.17, 15) is 13.2 Å². The molecule has 3 aromatic heterocycles. The van der Waals surface area contributed by atoms with E-state index in [1.165, 1.54) is 0 Å². The van der Waals surface area contributed by atoms with Gasteiger partial charge in [0.2, 0.25) is 0 Å². The highest BCUT2D eigenvalue weighted by Crippen LogP contribution is 2.40. The van der Waals surface area contributed by atoms with Crippen LogP contribution in [-0.4, -0.2) is 31.5 Å². The predicted octanol–water partition coefficient (Wildman–Crippen LogP) is 5.72. The fourth-order valence-electron chi connectivity index (χ4n) is 3.65. The van der Waals surface area contributed by atoms with E-state index in [2.05, 4.69) is 24.9 Å². The minimum Gasteiger partial charge on any atom is -0.423 e. The molecule has 11 heteroatoms. The van der Waals surface area contributed by atoms with Crippen molar-refractivity contribution in [3.63, 3.8) is 0 Å². The number of fused-ring (bicyclic) bond motifs is 1. The first-order valence-electron chi connectivity index (χ1n) is 10.3. The Hall–Kier alpha value is -3.27. The van der Waals surface area contributed by atoms with Crippen LogP contribution in [0.15, 0.2) is 47.4 Å². The van der Waals surface area contributed by atoms with Crippen LogP contribution in [0.5, 0.6) is 0 Å². The number of halogens is 4. The number of anilines is 1. The van der Waals surface area contributed by atoms with Gasteiger partial charge in [0, 0.05) is 37.4 Å². The Bertz CT molecular complexity index is 1290. The third-order valence-corrected chi connectivity index (χ3v) is 5.85. The fourth-order valence-corrected chi connectivity index (χ4v) is 3.91. The summed E-state index contributed by atoms with van der Waals surface area (Å²) in [6.07, 6.45) is 3.91. The quantitative estimate of drug-likeness (QED) is 0.353. The molecule has 1 atom stereocenters. The Balaban J connectivity index is 1.57. The van der Waals surface area contributed by atoms with Crippen molar-refractivity contribution in [3.8, 4) is 11.5 Å². The van der Waals surface area contributed by atoms with E-state index in [1.54, 1.807) is 30.9 Å². The minimum absolute atomic E-state index is 0.0838. The standard InChI is InChI=1S/C22H18ClF3N6O/c1-12(18-19(28-8-7-27-18)20-29-5-2-6-30-20)32(11-13-3-4-13)21-31-16-9-14(22(24,25)26)15(23)10-17(16)33-21/h2,5-10,12-13H,3-4,11H2,1H3. The number of hydrogen-bond donors (Lipinski definition) is 0. The van der Waals surface area contributed by atoms with Crippen LogP contribution in [0.2, 0.25) is 5.02 Å². The highest BCUT2D eigenvalue weighted by Gasteiger charge is 2.35. The van der Waals surface area contributed by atoms with Crippen LogP contribution in [0.1, 0.15) is 37.1 Å². The zero-order valence-electron chi connectivity index (χ0n) is 17.4. The second kappa shape index (κ2) is 8.26. The van der Waals surface area contributed by atoms with Crippen molar-refractivity contribution in [3.05, 3.63) is 59.3 Å². The molecule has 33 heavy (non-hydrogen) atoms. The summed E-state index contributed by atoms with van der Waals surface area (Å²) in [4.78, 5) is 23.8. The van der Waals surface area contributed by atoms with Crippen molar-refractivity contribution in [2.45, 2.75) is 32.0 Å². The van der Waals surface area contributed by atoms with Gasteiger partial charge in [0.1, 0.15) is 11.2 Å². The zero-order valence-corrected chi connectivity index (χ0v) is 18.2. The Kier molecular flexibility index (Phi) is 5.40. The number of hydrogen-bond acceptors (Lipinski definition) is 7. The van der Waals surface area contributed by atoms with Gasteiger partial charge < -0.3 is 9.32 Å². The molecule has 5 rings (SSSR count). The second-order valence-corrected chi connectivity index (χ2v) is 8.34. The Morgan fingerprint density at radius 3 is 2.52 bits per heavy atom. The summed E-state index contributed by atoms with van der Waals surface area (Å²) in [6, 6.07) is 3.62. The number of rotatable bonds is 6. The first-order chi connectivity index (χ1) is 15.8. The lowest BCUT2D eigenvalue weighted by Gasteiger charge is -2.28. The van der Waals surface area contributed by atoms with Crippen molar-refractivity contribution in [1.82, 2.24) is 24.9 Å². The van der Waals surface area contributed by atoms with Crippen LogP contribution in [0, 0.1) is 5.92 Å². The number of aromatic nitrogens is 5. The van der Waals surface area contributed by atoms with Crippen molar-refractivity contribution < 1.29 is 17.6 Å². The topological polar surface area (TPSA) is 80.8 Å². The van der Waals surface area contributed by atoms with E-state index in [0.717, 1.165) is 25.0 Å². The molecule has 1 unspecified atom stereocenters. The van der Waals surface area contributed by atoms with E-state index in [4.69, 9.17) is 16.0 Å². The minimum atomic E-state index is -4.59. The number of benzene rings is 1. The van der Waals surface area contributed by atoms with E-state index in [1.807, 2.05) is 11.8 Å².